The molecule has 0 radical (unpaired) electrons. The minimum Gasteiger partial charge on any atom is -0.481 e. The average Bonchev–Trinajstić information content (AvgIpc) is 3.18. The van der Waals surface area contributed by atoms with Gasteiger partial charge in [-0.3, -0.25) is 4.79 Å². The first kappa shape index (κ1) is 14.9. The molecule has 1 saturated carbocycles. The van der Waals surface area contributed by atoms with E-state index in [2.05, 4.69) is 5.32 Å². The number of carboxylic acids is 1. The number of carbonyl (C=O) groups is 2. The number of carbonyl (C=O) groups excluding carboxylic acids is 1. The van der Waals surface area contributed by atoms with E-state index >= 15 is 0 Å². The monoisotopic (exact) mass is 317 g/mol. The lowest BCUT2D eigenvalue weighted by molar-refractivity contribution is -0.123. The Morgan fingerprint density at radius 1 is 1.35 bits per heavy atom. The summed E-state index contributed by atoms with van der Waals surface area (Å²) in [6.07, 6.45) is 2.26. The minimum atomic E-state index is -1.22. The van der Waals surface area contributed by atoms with Gasteiger partial charge >= 0.3 is 5.97 Å². The molecule has 1 amide bonds. The molecule has 2 N–H and O–H groups in total. The largest absolute Gasteiger partial charge is 0.481 e. The summed E-state index contributed by atoms with van der Waals surface area (Å²) in [5, 5.41) is 12.0. The first-order valence-electron chi connectivity index (χ1n) is 6.09. The number of hydrogen-bond acceptors (Lipinski definition) is 3. The van der Waals surface area contributed by atoms with Crippen LogP contribution in [-0.4, -0.2) is 30.1 Å². The van der Waals surface area contributed by atoms with Crippen molar-refractivity contribution in [2.24, 2.45) is 5.92 Å². The fourth-order valence-corrected chi connectivity index (χ4v) is 2.18. The molecule has 0 aliphatic heterocycles. The molecule has 1 aromatic carbocycles. The molecule has 7 heteroatoms. The van der Waals surface area contributed by atoms with Crippen LogP contribution in [-0.2, 0) is 4.79 Å². The normalized spacial score (nSPS) is 13.9. The highest BCUT2D eigenvalue weighted by Gasteiger charge is 2.22. The third kappa shape index (κ3) is 4.02. The Morgan fingerprint density at radius 3 is 2.65 bits per heavy atom. The van der Waals surface area contributed by atoms with Crippen molar-refractivity contribution < 1.29 is 19.4 Å². The van der Waals surface area contributed by atoms with Crippen LogP contribution in [0.25, 0.3) is 0 Å². The molecular weight excluding hydrogens is 305 g/mol. The Bertz CT molecular complexity index is 543. The summed E-state index contributed by atoms with van der Waals surface area (Å²) < 4.78 is 5.22. The van der Waals surface area contributed by atoms with Gasteiger partial charge < -0.3 is 15.2 Å². The van der Waals surface area contributed by atoms with Crippen LogP contribution in [0.5, 0.6) is 5.75 Å². The molecule has 1 aliphatic carbocycles. The van der Waals surface area contributed by atoms with Crippen LogP contribution in [0.2, 0.25) is 10.0 Å². The molecule has 0 bridgehead atoms. The predicted octanol–water partition coefficient (Wildman–Crippen LogP) is 2.60. The van der Waals surface area contributed by atoms with Crippen LogP contribution < -0.4 is 10.1 Å². The number of aromatic carboxylic acids is 1. The van der Waals surface area contributed by atoms with E-state index in [0.717, 1.165) is 12.8 Å². The summed E-state index contributed by atoms with van der Waals surface area (Å²) in [6, 6.07) is 2.60. The zero-order valence-corrected chi connectivity index (χ0v) is 12.0. The fourth-order valence-electron chi connectivity index (χ4n) is 1.63. The molecule has 1 aromatic rings. The molecule has 0 spiro atoms. The maximum Gasteiger partial charge on any atom is 0.339 e. The second-order valence-corrected chi connectivity index (χ2v) is 5.45. The van der Waals surface area contributed by atoms with Crippen molar-refractivity contribution in [2.45, 2.75) is 12.8 Å². The number of ether oxygens (including phenoxy) is 1. The van der Waals surface area contributed by atoms with Gasteiger partial charge in [0.1, 0.15) is 5.56 Å². The second-order valence-electron chi connectivity index (χ2n) is 4.61. The molecule has 2 rings (SSSR count). The van der Waals surface area contributed by atoms with Crippen LogP contribution in [0, 0.1) is 5.92 Å². The highest BCUT2D eigenvalue weighted by Crippen LogP contribution is 2.32. The van der Waals surface area contributed by atoms with Gasteiger partial charge in [0.05, 0.1) is 5.02 Å². The van der Waals surface area contributed by atoms with Crippen LogP contribution >= 0.6 is 23.2 Å². The summed E-state index contributed by atoms with van der Waals surface area (Å²) in [4.78, 5) is 22.7. The third-order valence-electron chi connectivity index (χ3n) is 2.87. The van der Waals surface area contributed by atoms with E-state index in [1.165, 1.54) is 12.1 Å². The first-order valence-corrected chi connectivity index (χ1v) is 6.85. The van der Waals surface area contributed by atoms with Crippen LogP contribution in [0.4, 0.5) is 0 Å². The highest BCUT2D eigenvalue weighted by molar-refractivity contribution is 6.36. The zero-order valence-electron chi connectivity index (χ0n) is 10.5. The summed E-state index contributed by atoms with van der Waals surface area (Å²) in [7, 11) is 0. The molecule has 0 saturated heterocycles. The Labute approximate surface area is 125 Å². The van der Waals surface area contributed by atoms with Crippen molar-refractivity contribution in [2.75, 3.05) is 13.2 Å². The molecule has 1 fully saturated rings. The Hall–Kier alpha value is -1.46. The van der Waals surface area contributed by atoms with Crippen molar-refractivity contribution in [3.63, 3.8) is 0 Å². The van der Waals surface area contributed by atoms with Gasteiger partial charge in [-0.1, -0.05) is 23.2 Å². The highest BCUT2D eigenvalue weighted by atomic mass is 35.5. The van der Waals surface area contributed by atoms with Crippen molar-refractivity contribution >= 4 is 35.1 Å². The standard InChI is InChI=1S/C13H13Cl2NO4/c14-8-3-9(13(18)19)12(10(15)4-8)20-6-11(17)16-5-7-1-2-7/h3-4,7H,1-2,5-6H2,(H,16,17)(H,18,19). The maximum absolute atomic E-state index is 11.6. The van der Waals surface area contributed by atoms with Crippen molar-refractivity contribution in [1.82, 2.24) is 5.32 Å². The smallest absolute Gasteiger partial charge is 0.339 e. The Kier molecular flexibility index (Phi) is 4.73. The van der Waals surface area contributed by atoms with Crippen molar-refractivity contribution in [1.29, 1.82) is 0 Å². The topological polar surface area (TPSA) is 75.6 Å². The van der Waals surface area contributed by atoms with Gasteiger partial charge in [-0.05, 0) is 30.9 Å². The lowest BCUT2D eigenvalue weighted by atomic mass is 10.2. The van der Waals surface area contributed by atoms with Crippen molar-refractivity contribution in [3.05, 3.63) is 27.7 Å². The second kappa shape index (κ2) is 6.33. The van der Waals surface area contributed by atoms with E-state index in [0.29, 0.717) is 12.5 Å². The lowest BCUT2D eigenvalue weighted by Crippen LogP contribution is -2.30. The number of carboxylic acid groups (broad SMARTS) is 1. The molecule has 0 atom stereocenters. The molecule has 1 aliphatic rings. The van der Waals surface area contributed by atoms with Crippen LogP contribution in [0.3, 0.4) is 0 Å². The molecule has 108 valence electrons. The molecule has 5 nitrogen and oxygen atoms in total. The van der Waals surface area contributed by atoms with Gasteiger partial charge in [0.25, 0.3) is 5.91 Å². The molecule has 20 heavy (non-hydrogen) atoms. The van der Waals surface area contributed by atoms with E-state index in [-0.39, 0.29) is 33.9 Å². The van der Waals surface area contributed by atoms with Gasteiger partial charge in [-0.25, -0.2) is 4.79 Å². The Balaban J connectivity index is 2.00. The van der Waals surface area contributed by atoms with Gasteiger partial charge in [-0.15, -0.1) is 0 Å². The molecule has 0 unspecified atom stereocenters. The predicted molar refractivity (Wildman–Crippen MR) is 74.7 cm³/mol. The van der Waals surface area contributed by atoms with Gasteiger partial charge in [0.2, 0.25) is 0 Å². The quantitative estimate of drug-likeness (QED) is 0.845. The zero-order chi connectivity index (χ0) is 14.7. The number of benzene rings is 1. The number of nitrogens with one attached hydrogen (secondary N) is 1. The summed E-state index contributed by atoms with van der Waals surface area (Å²) in [6.45, 7) is 0.344. The van der Waals surface area contributed by atoms with E-state index in [1.54, 1.807) is 0 Å². The minimum absolute atomic E-state index is 0.0508. The summed E-state index contributed by atoms with van der Waals surface area (Å²) >= 11 is 11.6. The van der Waals surface area contributed by atoms with Gasteiger partial charge in [0, 0.05) is 11.6 Å². The number of hydrogen-bond donors (Lipinski definition) is 2. The van der Waals surface area contributed by atoms with Gasteiger partial charge in [-0.2, -0.15) is 0 Å². The van der Waals surface area contributed by atoms with Gasteiger partial charge in [0.15, 0.2) is 12.4 Å². The van der Waals surface area contributed by atoms with E-state index < -0.39 is 5.97 Å². The average molecular weight is 318 g/mol. The van der Waals surface area contributed by atoms with Crippen molar-refractivity contribution in [3.8, 4) is 5.75 Å². The maximum atomic E-state index is 11.6. The SMILES string of the molecule is O=C(COc1c(Cl)cc(Cl)cc1C(=O)O)NCC1CC1. The van der Waals surface area contributed by atoms with Crippen LogP contribution in [0.15, 0.2) is 12.1 Å². The number of amides is 1. The summed E-state index contributed by atoms with van der Waals surface area (Å²) in [5.41, 5.74) is -0.169. The Morgan fingerprint density at radius 2 is 2.05 bits per heavy atom. The van der Waals surface area contributed by atoms with E-state index in [1.807, 2.05) is 0 Å². The van der Waals surface area contributed by atoms with Crippen LogP contribution in [0.1, 0.15) is 23.2 Å². The fraction of sp³-hybridized carbons (Fsp3) is 0.385. The van der Waals surface area contributed by atoms with E-state index in [4.69, 9.17) is 33.0 Å². The molecular formula is C13H13Cl2NO4. The first-order chi connectivity index (χ1) is 9.47. The molecule has 0 heterocycles. The van der Waals surface area contributed by atoms with E-state index in [9.17, 15) is 9.59 Å². The summed E-state index contributed by atoms with van der Waals surface area (Å²) in [5.74, 6) is -1.01. The number of rotatable bonds is 6. The lowest BCUT2D eigenvalue weighted by Gasteiger charge is -2.11. The molecule has 0 aromatic heterocycles. The third-order valence-corrected chi connectivity index (χ3v) is 3.37. The number of halogens is 2.